The number of hydrogen-bond acceptors (Lipinski definition) is 3. The molecule has 0 rings (SSSR count). The van der Waals surface area contributed by atoms with E-state index < -0.39 is 10.1 Å². The summed E-state index contributed by atoms with van der Waals surface area (Å²) in [5.41, 5.74) is 0. The van der Waals surface area contributed by atoms with E-state index in [1.54, 1.807) is 0 Å². The van der Waals surface area contributed by atoms with Crippen molar-refractivity contribution in [3.8, 4) is 0 Å². The van der Waals surface area contributed by atoms with Gasteiger partial charge in [-0.1, -0.05) is 117 Å². The molecule has 0 unspecified atom stereocenters. The van der Waals surface area contributed by atoms with E-state index in [4.69, 9.17) is 0 Å². The van der Waals surface area contributed by atoms with E-state index in [1.165, 1.54) is 154 Å². The number of nitrogens with zero attached hydrogens (tertiary/aromatic N) is 1. The highest BCUT2D eigenvalue weighted by Crippen LogP contribution is 2.20. The molecule has 0 spiro atoms. The molecule has 0 heterocycles. The lowest BCUT2D eigenvalue weighted by molar-refractivity contribution is -0.928. The first-order valence-corrected chi connectivity index (χ1v) is 17.3. The lowest BCUT2D eigenvalue weighted by atomic mass is 10.0. The van der Waals surface area contributed by atoms with Gasteiger partial charge in [-0.2, -0.15) is 0 Å². The zero-order valence-electron chi connectivity index (χ0n) is 24.2. The molecule has 35 heavy (non-hydrogen) atoms. The van der Waals surface area contributed by atoms with E-state index in [0.717, 1.165) is 11.0 Å². The summed E-state index contributed by atoms with van der Waals surface area (Å²) in [5.74, 6) is -0.196. The molecule has 4 nitrogen and oxygen atoms in total. The van der Waals surface area contributed by atoms with Gasteiger partial charge in [-0.05, 0) is 38.5 Å². The summed E-state index contributed by atoms with van der Waals surface area (Å²) in [6.07, 6.45) is 28.1. The second kappa shape index (κ2) is 24.2. The summed E-state index contributed by atoms with van der Waals surface area (Å²) in [5, 5.41) is 0. The van der Waals surface area contributed by atoms with Crippen LogP contribution in [0.3, 0.4) is 0 Å². The zero-order chi connectivity index (χ0) is 26.1. The van der Waals surface area contributed by atoms with Crippen LogP contribution < -0.4 is 0 Å². The van der Waals surface area contributed by atoms with Crippen molar-refractivity contribution in [1.29, 1.82) is 0 Å². The molecule has 0 aromatic heterocycles. The van der Waals surface area contributed by atoms with Gasteiger partial charge in [0.2, 0.25) is 0 Å². The maximum Gasteiger partial charge on any atom is 0.0948 e. The predicted octanol–water partition coefficient (Wildman–Crippen LogP) is 8.99. The number of rotatable bonds is 28. The Morgan fingerprint density at radius 1 is 0.429 bits per heavy atom. The van der Waals surface area contributed by atoms with Crippen molar-refractivity contribution in [3.05, 3.63) is 0 Å². The van der Waals surface area contributed by atoms with Crippen LogP contribution in [0.2, 0.25) is 0 Å². The molecule has 0 aliphatic heterocycles. The maximum absolute atomic E-state index is 11.3. The maximum atomic E-state index is 11.3. The fourth-order valence-electron chi connectivity index (χ4n) is 5.46. The molecular weight excluding hydrogens is 454 g/mol. The molecule has 0 fully saturated rings. The van der Waals surface area contributed by atoms with Crippen molar-refractivity contribution in [3.63, 3.8) is 0 Å². The van der Waals surface area contributed by atoms with Gasteiger partial charge in [0.25, 0.3) is 0 Å². The van der Waals surface area contributed by atoms with Gasteiger partial charge in [-0.3, -0.25) is 0 Å². The highest BCUT2D eigenvalue weighted by atomic mass is 32.2. The summed E-state index contributed by atoms with van der Waals surface area (Å²) >= 11 is 0. The second-order valence-electron chi connectivity index (χ2n) is 11.2. The molecule has 0 atom stereocenters. The van der Waals surface area contributed by atoms with Gasteiger partial charge >= 0.3 is 0 Å². The van der Waals surface area contributed by atoms with Crippen LogP contribution in [-0.2, 0) is 10.1 Å². The predicted molar refractivity (Wildman–Crippen MR) is 153 cm³/mol. The molecule has 0 radical (unpaired) electrons. The Morgan fingerprint density at radius 2 is 0.686 bits per heavy atom. The monoisotopic (exact) mass is 517 g/mol. The van der Waals surface area contributed by atoms with Gasteiger partial charge in [0.1, 0.15) is 0 Å². The Morgan fingerprint density at radius 3 is 0.971 bits per heavy atom. The molecule has 0 aromatic rings. The molecule has 0 aliphatic rings. The van der Waals surface area contributed by atoms with Crippen molar-refractivity contribution in [2.24, 2.45) is 0 Å². The third kappa shape index (κ3) is 24.0. The second-order valence-corrected chi connectivity index (χ2v) is 12.7. The minimum absolute atomic E-state index is 0.196. The topological polar surface area (TPSA) is 57.2 Å². The molecule has 5 heteroatoms. The van der Waals surface area contributed by atoms with Gasteiger partial charge in [0.05, 0.1) is 36.3 Å². The van der Waals surface area contributed by atoms with Crippen molar-refractivity contribution in [2.75, 3.05) is 31.9 Å². The van der Waals surface area contributed by atoms with E-state index >= 15 is 0 Å². The molecule has 0 aromatic carbocycles. The molecule has 212 valence electrons. The smallest absolute Gasteiger partial charge is 0.0948 e. The number of unbranched alkanes of at least 4 members (excludes halogenated alkanes) is 18. The van der Waals surface area contributed by atoms with Gasteiger partial charge in [-0.15, -0.1) is 0 Å². The van der Waals surface area contributed by atoms with Gasteiger partial charge in [0.15, 0.2) is 0 Å². The van der Waals surface area contributed by atoms with Crippen LogP contribution in [0, 0.1) is 0 Å². The highest BCUT2D eigenvalue weighted by molar-refractivity contribution is 7.85. The summed E-state index contributed by atoms with van der Waals surface area (Å²) < 4.78 is 35.0. The van der Waals surface area contributed by atoms with Crippen molar-refractivity contribution < 1.29 is 17.5 Å². The van der Waals surface area contributed by atoms with Crippen LogP contribution in [0.5, 0.6) is 0 Å². The third-order valence-corrected chi connectivity index (χ3v) is 8.52. The first kappa shape index (κ1) is 34.9. The highest BCUT2D eigenvalue weighted by Gasteiger charge is 2.26. The molecule has 0 aliphatic carbocycles. The van der Waals surface area contributed by atoms with Crippen LogP contribution in [0.1, 0.15) is 162 Å². The van der Waals surface area contributed by atoms with Crippen LogP contribution in [-0.4, -0.2) is 49.4 Å². The SMILES string of the molecule is CCCCCCCCC[N+](CCCCCCCCC)(CCCCCCCCC)CCCS(=O)(=O)[O-]. The average Bonchev–Trinajstić information content (AvgIpc) is 2.81. The lowest BCUT2D eigenvalue weighted by Crippen LogP contribution is -2.51. The molecule has 0 bridgehead atoms. The molecule has 0 saturated carbocycles. The van der Waals surface area contributed by atoms with E-state index in [9.17, 15) is 13.0 Å². The quantitative estimate of drug-likeness (QED) is 0.0591. The van der Waals surface area contributed by atoms with E-state index in [1.807, 2.05) is 0 Å². The molecular formula is C30H63NO3S. The Kier molecular flexibility index (Phi) is 24.1. The minimum atomic E-state index is -4.12. The fourth-order valence-corrected chi connectivity index (χ4v) is 5.94. The van der Waals surface area contributed by atoms with Gasteiger partial charge in [0, 0.05) is 12.2 Å². The minimum Gasteiger partial charge on any atom is -0.748 e. The first-order chi connectivity index (χ1) is 16.9. The summed E-state index contributed by atoms with van der Waals surface area (Å²) in [4.78, 5) is 0. The molecule has 0 amide bonds. The van der Waals surface area contributed by atoms with E-state index in [0.29, 0.717) is 6.42 Å². The number of hydrogen-bond donors (Lipinski definition) is 0. The van der Waals surface area contributed by atoms with Gasteiger partial charge in [-0.25, -0.2) is 8.42 Å². The largest absolute Gasteiger partial charge is 0.748 e. The lowest BCUT2D eigenvalue weighted by Gasteiger charge is -2.40. The Bertz CT molecular complexity index is 490. The van der Waals surface area contributed by atoms with Crippen LogP contribution >= 0.6 is 0 Å². The average molecular weight is 518 g/mol. The van der Waals surface area contributed by atoms with Crippen LogP contribution in [0.15, 0.2) is 0 Å². The number of quaternary nitrogens is 1. The van der Waals surface area contributed by atoms with E-state index in [-0.39, 0.29) is 5.75 Å². The summed E-state index contributed by atoms with van der Waals surface area (Å²) in [6.45, 7) is 11.2. The first-order valence-electron chi connectivity index (χ1n) is 15.7. The summed E-state index contributed by atoms with van der Waals surface area (Å²) in [7, 11) is -4.12. The standard InChI is InChI=1S/C30H63NO3S/c1-4-7-10-13-16-19-22-26-31(29-25-30-35(32,33)34,27-23-20-17-14-11-8-5-2)28-24-21-18-15-12-9-6-3/h4-30H2,1-3H3. The normalized spacial score (nSPS) is 12.5. The fraction of sp³-hybridized carbons (Fsp3) is 1.00. The zero-order valence-corrected chi connectivity index (χ0v) is 25.0. The third-order valence-electron chi connectivity index (χ3n) is 7.73. The van der Waals surface area contributed by atoms with Crippen LogP contribution in [0.4, 0.5) is 0 Å². The van der Waals surface area contributed by atoms with Crippen LogP contribution in [0.25, 0.3) is 0 Å². The molecule has 0 N–H and O–H groups in total. The Hall–Kier alpha value is -0.130. The summed E-state index contributed by atoms with van der Waals surface area (Å²) in [6, 6.07) is 0. The van der Waals surface area contributed by atoms with E-state index in [2.05, 4.69) is 20.8 Å². The van der Waals surface area contributed by atoms with Gasteiger partial charge < -0.3 is 9.04 Å². The van der Waals surface area contributed by atoms with Crippen molar-refractivity contribution >= 4 is 10.1 Å². The van der Waals surface area contributed by atoms with Crippen molar-refractivity contribution in [1.82, 2.24) is 0 Å². The Labute approximate surface area is 221 Å². The van der Waals surface area contributed by atoms with Crippen molar-refractivity contribution in [2.45, 2.75) is 162 Å². The Balaban J connectivity index is 4.86. The molecule has 0 saturated heterocycles.